The van der Waals surface area contributed by atoms with E-state index in [4.69, 9.17) is 20.4 Å². The first-order chi connectivity index (χ1) is 11.7. The molecule has 1 aromatic rings. The maximum atomic E-state index is 12.1. The van der Waals surface area contributed by atoms with Crippen LogP contribution in [0.1, 0.15) is 24.8 Å². The Bertz CT molecular complexity index is 548. The van der Waals surface area contributed by atoms with Crippen LogP contribution >= 0.6 is 0 Å². The number of hydrogen-bond donors (Lipinski definition) is 2. The van der Waals surface area contributed by atoms with Crippen LogP contribution in [-0.4, -0.2) is 32.6 Å². The molecule has 0 saturated carbocycles. The van der Waals surface area contributed by atoms with Crippen molar-refractivity contribution < 1.29 is 19.0 Å². The molecule has 0 heterocycles. The number of amides is 1. The van der Waals surface area contributed by atoms with Crippen molar-refractivity contribution in [1.29, 1.82) is 5.26 Å². The monoisotopic (exact) mass is 330 g/mol. The van der Waals surface area contributed by atoms with Gasteiger partial charge in [-0.15, -0.1) is 0 Å². The van der Waals surface area contributed by atoms with E-state index in [0.717, 1.165) is 5.56 Å². The molecule has 0 fully saturated rings. The van der Waals surface area contributed by atoms with Gasteiger partial charge in [-0.3, -0.25) is 9.59 Å². The fourth-order valence-electron chi connectivity index (χ4n) is 1.88. The van der Waals surface area contributed by atoms with Crippen molar-refractivity contribution in [2.45, 2.75) is 31.7 Å². The molecule has 0 spiro atoms. The first-order valence-electron chi connectivity index (χ1n) is 7.66. The second-order valence-electron chi connectivity index (χ2n) is 4.97. The normalized spacial score (nSPS) is 11.2. The lowest BCUT2D eigenvalue weighted by molar-refractivity contribution is -0.145. The molecule has 0 aliphatic heterocycles. The summed E-state index contributed by atoms with van der Waals surface area (Å²) in [5.74, 6) is -1.39. The first-order valence-corrected chi connectivity index (χ1v) is 7.66. The molecule has 1 radical (unpaired) electrons. The van der Waals surface area contributed by atoms with Gasteiger partial charge in [0.25, 0.3) is 0 Å². The van der Waals surface area contributed by atoms with E-state index in [2.05, 4.69) is 5.32 Å². The summed E-state index contributed by atoms with van der Waals surface area (Å²) in [6, 6.07) is 11.2. The number of esters is 1. The van der Waals surface area contributed by atoms with Crippen LogP contribution in [0.2, 0.25) is 5.82 Å². The SMILES string of the molecule is N#CCCNC(=O)CCC([B]OCN)C(=O)OCc1ccccc1. The van der Waals surface area contributed by atoms with Gasteiger partial charge in [-0.1, -0.05) is 30.3 Å². The third-order valence-electron chi connectivity index (χ3n) is 3.12. The minimum Gasteiger partial charge on any atom is -0.461 e. The molecular weight excluding hydrogens is 309 g/mol. The van der Waals surface area contributed by atoms with Gasteiger partial charge in [0.1, 0.15) is 6.61 Å². The summed E-state index contributed by atoms with van der Waals surface area (Å²) >= 11 is 0. The molecule has 0 aliphatic carbocycles. The molecule has 0 aliphatic rings. The lowest BCUT2D eigenvalue weighted by Gasteiger charge is -2.14. The number of nitrogens with two attached hydrogens (primary N) is 1. The van der Waals surface area contributed by atoms with E-state index in [1.165, 1.54) is 7.48 Å². The van der Waals surface area contributed by atoms with E-state index >= 15 is 0 Å². The summed E-state index contributed by atoms with van der Waals surface area (Å²) in [4.78, 5) is 23.8. The largest absolute Gasteiger partial charge is 0.461 e. The van der Waals surface area contributed by atoms with E-state index in [1.54, 1.807) is 0 Å². The Hall–Kier alpha value is -2.37. The molecule has 0 bridgehead atoms. The minimum atomic E-state index is -0.682. The quantitative estimate of drug-likeness (QED) is 0.269. The molecule has 1 unspecified atom stereocenters. The topological polar surface area (TPSA) is 114 Å². The van der Waals surface area contributed by atoms with Crippen molar-refractivity contribution in [3.8, 4) is 6.07 Å². The minimum absolute atomic E-state index is 0.0587. The number of nitriles is 1. The van der Waals surface area contributed by atoms with Crippen LogP contribution in [0.25, 0.3) is 0 Å². The standard InChI is InChI=1S/C16H21BN3O4/c18-9-4-10-20-15(21)8-7-14(17-24-12-19)16(22)23-11-13-5-2-1-3-6-13/h1-3,5-6,14H,4,7-8,10-12,19H2,(H,20,21). The summed E-state index contributed by atoms with van der Waals surface area (Å²) in [5, 5.41) is 11.0. The summed E-state index contributed by atoms with van der Waals surface area (Å²) < 4.78 is 10.2. The smallest absolute Gasteiger partial charge is 0.309 e. The highest BCUT2D eigenvalue weighted by Gasteiger charge is 2.23. The van der Waals surface area contributed by atoms with Gasteiger partial charge in [-0.2, -0.15) is 5.26 Å². The zero-order chi connectivity index (χ0) is 17.6. The molecule has 0 saturated heterocycles. The maximum Gasteiger partial charge on any atom is 0.309 e. The molecule has 1 atom stereocenters. The van der Waals surface area contributed by atoms with Crippen LogP contribution < -0.4 is 11.1 Å². The van der Waals surface area contributed by atoms with Crippen LogP contribution in [0.4, 0.5) is 0 Å². The Morgan fingerprint density at radius 1 is 1.33 bits per heavy atom. The molecule has 1 amide bonds. The van der Waals surface area contributed by atoms with Gasteiger partial charge in [0.15, 0.2) is 0 Å². The van der Waals surface area contributed by atoms with Crippen LogP contribution in [0.3, 0.4) is 0 Å². The maximum absolute atomic E-state index is 12.1. The lowest BCUT2D eigenvalue weighted by Crippen LogP contribution is -2.27. The van der Waals surface area contributed by atoms with Gasteiger partial charge in [-0.05, 0) is 12.0 Å². The van der Waals surface area contributed by atoms with Crippen molar-refractivity contribution in [1.82, 2.24) is 5.32 Å². The van der Waals surface area contributed by atoms with Gasteiger partial charge in [0.05, 0.1) is 25.0 Å². The number of hydrogen-bond acceptors (Lipinski definition) is 6. The van der Waals surface area contributed by atoms with Gasteiger partial charge >= 0.3 is 13.5 Å². The number of ether oxygens (including phenoxy) is 1. The van der Waals surface area contributed by atoms with Gasteiger partial charge in [0, 0.05) is 13.0 Å². The van der Waals surface area contributed by atoms with Crippen molar-refractivity contribution in [2.24, 2.45) is 5.73 Å². The fraction of sp³-hybridized carbons (Fsp3) is 0.438. The van der Waals surface area contributed by atoms with Gasteiger partial charge in [-0.25, -0.2) is 0 Å². The summed E-state index contributed by atoms with van der Waals surface area (Å²) in [6.45, 7) is 0.388. The Kier molecular flexibility index (Phi) is 9.93. The number of benzene rings is 1. The van der Waals surface area contributed by atoms with Crippen molar-refractivity contribution in [3.63, 3.8) is 0 Å². The molecule has 7 nitrogen and oxygen atoms in total. The summed E-state index contributed by atoms with van der Waals surface area (Å²) in [5.41, 5.74) is 6.14. The summed E-state index contributed by atoms with van der Waals surface area (Å²) in [6.07, 6.45) is 0.615. The van der Waals surface area contributed by atoms with Crippen LogP contribution in [-0.2, 0) is 25.6 Å². The van der Waals surface area contributed by atoms with Crippen molar-refractivity contribution in [3.05, 3.63) is 35.9 Å². The molecular formula is C16H21BN3O4. The second kappa shape index (κ2) is 12.1. The number of rotatable bonds is 11. The Labute approximate surface area is 142 Å². The highest BCUT2D eigenvalue weighted by atomic mass is 16.5. The zero-order valence-corrected chi connectivity index (χ0v) is 13.4. The van der Waals surface area contributed by atoms with Crippen LogP contribution in [0.15, 0.2) is 30.3 Å². The lowest BCUT2D eigenvalue weighted by atomic mass is 9.76. The molecule has 0 aromatic heterocycles. The number of nitrogens with one attached hydrogen (secondary N) is 1. The second-order valence-corrected chi connectivity index (χ2v) is 4.97. The van der Waals surface area contributed by atoms with E-state index in [0.29, 0.717) is 6.54 Å². The number of nitrogens with zero attached hydrogens (tertiary/aromatic N) is 1. The zero-order valence-electron chi connectivity index (χ0n) is 13.4. The van der Waals surface area contributed by atoms with Crippen molar-refractivity contribution >= 4 is 19.4 Å². The molecule has 127 valence electrons. The predicted octanol–water partition coefficient (Wildman–Crippen LogP) is 0.880. The Morgan fingerprint density at radius 2 is 2.08 bits per heavy atom. The summed E-state index contributed by atoms with van der Waals surface area (Å²) in [7, 11) is 1.30. The fourth-order valence-corrected chi connectivity index (χ4v) is 1.88. The van der Waals surface area contributed by atoms with Crippen LogP contribution in [0.5, 0.6) is 0 Å². The Balaban J connectivity index is 2.43. The third-order valence-corrected chi connectivity index (χ3v) is 3.12. The third kappa shape index (κ3) is 8.32. The predicted molar refractivity (Wildman–Crippen MR) is 88.4 cm³/mol. The molecule has 24 heavy (non-hydrogen) atoms. The van der Waals surface area contributed by atoms with E-state index in [9.17, 15) is 9.59 Å². The molecule has 3 N–H and O–H groups in total. The Morgan fingerprint density at radius 3 is 2.75 bits per heavy atom. The van der Waals surface area contributed by atoms with Crippen molar-refractivity contribution in [2.75, 3.05) is 13.3 Å². The van der Waals surface area contributed by atoms with Gasteiger partial charge < -0.3 is 20.4 Å². The van der Waals surface area contributed by atoms with E-state index in [1.807, 2.05) is 36.4 Å². The molecule has 8 heteroatoms. The average Bonchev–Trinajstić information content (AvgIpc) is 2.61. The molecule has 1 aromatic carbocycles. The highest BCUT2D eigenvalue weighted by Crippen LogP contribution is 2.16. The van der Waals surface area contributed by atoms with E-state index < -0.39 is 11.8 Å². The average molecular weight is 330 g/mol. The van der Waals surface area contributed by atoms with E-state index in [-0.39, 0.29) is 38.5 Å². The number of carbonyl (C=O) groups excluding carboxylic acids is 2. The first kappa shape index (κ1) is 19.7. The molecule has 1 rings (SSSR count). The van der Waals surface area contributed by atoms with Crippen LogP contribution in [0, 0.1) is 11.3 Å². The van der Waals surface area contributed by atoms with Gasteiger partial charge in [0.2, 0.25) is 5.91 Å². The number of carbonyl (C=O) groups is 2. The highest BCUT2D eigenvalue weighted by molar-refractivity contribution is 6.36.